The first-order valence-corrected chi connectivity index (χ1v) is 6.97. The average molecular weight is 346 g/mol. The van der Waals surface area contributed by atoms with E-state index in [0.29, 0.717) is 15.8 Å². The summed E-state index contributed by atoms with van der Waals surface area (Å²) < 4.78 is 9.75. The minimum Gasteiger partial charge on any atom is -0.469 e. The number of aromatic nitrogens is 1. The third-order valence-corrected chi connectivity index (χ3v) is 3.63. The van der Waals surface area contributed by atoms with Gasteiger partial charge in [0.15, 0.2) is 10.8 Å². The average Bonchev–Trinajstić information content (AvgIpc) is 3.07. The number of esters is 1. The predicted octanol–water partition coefficient (Wildman–Crippen LogP) is 1.76. The number of nitrogens with two attached hydrogens (primary N) is 1. The maximum absolute atomic E-state index is 12.0. The number of carbonyl (C=O) groups is 2. The van der Waals surface area contributed by atoms with Crippen molar-refractivity contribution in [3.8, 4) is 0 Å². The smallest absolute Gasteiger partial charge is 0.357 e. The molecule has 1 amide bonds. The van der Waals surface area contributed by atoms with Crippen molar-refractivity contribution in [2.24, 2.45) is 5.73 Å². The summed E-state index contributed by atoms with van der Waals surface area (Å²) in [6.07, 6.45) is 1.81. The summed E-state index contributed by atoms with van der Waals surface area (Å²) in [6.45, 7) is 1.72. The van der Waals surface area contributed by atoms with E-state index in [9.17, 15) is 9.59 Å². The molecule has 0 aliphatic rings. The monoisotopic (exact) mass is 345 g/mol. The van der Waals surface area contributed by atoms with Crippen molar-refractivity contribution in [1.82, 2.24) is 4.98 Å². The van der Waals surface area contributed by atoms with E-state index in [1.165, 1.54) is 24.7 Å². The molecule has 2 aromatic heterocycles. The first kappa shape index (κ1) is 18.1. The van der Waals surface area contributed by atoms with E-state index in [-0.39, 0.29) is 24.5 Å². The molecule has 1 atom stereocenters. The third kappa shape index (κ3) is 4.30. The summed E-state index contributed by atoms with van der Waals surface area (Å²) in [6, 6.07) is 2.71. The van der Waals surface area contributed by atoms with Gasteiger partial charge >= 0.3 is 5.97 Å². The highest BCUT2D eigenvalue weighted by molar-refractivity contribution is 7.16. The van der Waals surface area contributed by atoms with Gasteiger partial charge in [0.2, 0.25) is 5.91 Å². The molecule has 2 rings (SSSR count). The Bertz CT molecular complexity index is 642. The predicted molar refractivity (Wildman–Crippen MR) is 84.5 cm³/mol. The number of amides is 1. The van der Waals surface area contributed by atoms with Gasteiger partial charge < -0.3 is 20.2 Å². The van der Waals surface area contributed by atoms with Crippen molar-refractivity contribution in [3.63, 3.8) is 0 Å². The van der Waals surface area contributed by atoms with Crippen molar-refractivity contribution in [2.75, 3.05) is 12.4 Å². The van der Waals surface area contributed by atoms with Gasteiger partial charge in [0.05, 0.1) is 19.4 Å². The van der Waals surface area contributed by atoms with Crippen LogP contribution in [0.3, 0.4) is 0 Å². The van der Waals surface area contributed by atoms with Crippen LogP contribution in [0.2, 0.25) is 0 Å². The maximum Gasteiger partial charge on any atom is 0.357 e. The Morgan fingerprint density at radius 2 is 2.27 bits per heavy atom. The number of nitrogens with one attached hydrogen (secondary N) is 1. The van der Waals surface area contributed by atoms with Crippen molar-refractivity contribution in [3.05, 3.63) is 34.7 Å². The molecule has 2 heterocycles. The Balaban J connectivity index is 0.00000242. The maximum atomic E-state index is 12.0. The standard InChI is InChI=1S/C13H15N3O4S.ClH/c1-7-10(12(18)19-2)15-13(21-7)16-11(17)9(14)6-8-4-3-5-20-8;/h3-5,9H,6,14H2,1-2H3,(H,15,16,17);1H. The van der Waals surface area contributed by atoms with E-state index in [4.69, 9.17) is 10.2 Å². The molecule has 2 aromatic rings. The van der Waals surface area contributed by atoms with E-state index in [0.717, 1.165) is 0 Å². The molecule has 0 saturated heterocycles. The lowest BCUT2D eigenvalue weighted by molar-refractivity contribution is -0.117. The van der Waals surface area contributed by atoms with Gasteiger partial charge in [0.25, 0.3) is 0 Å². The van der Waals surface area contributed by atoms with E-state index in [2.05, 4.69) is 15.0 Å². The van der Waals surface area contributed by atoms with Gasteiger partial charge in [-0.25, -0.2) is 9.78 Å². The number of anilines is 1. The van der Waals surface area contributed by atoms with Crippen LogP contribution in [0.5, 0.6) is 0 Å². The van der Waals surface area contributed by atoms with Crippen molar-refractivity contribution in [1.29, 1.82) is 0 Å². The van der Waals surface area contributed by atoms with Gasteiger partial charge in [0, 0.05) is 11.3 Å². The first-order chi connectivity index (χ1) is 10.0. The molecule has 0 spiro atoms. The lowest BCUT2D eigenvalue weighted by atomic mass is 10.2. The Labute approximate surface area is 137 Å². The molecule has 0 saturated carbocycles. The number of methoxy groups -OCH3 is 1. The molecule has 0 fully saturated rings. The number of hydrogen-bond acceptors (Lipinski definition) is 7. The van der Waals surface area contributed by atoms with Crippen LogP contribution in [0.15, 0.2) is 22.8 Å². The van der Waals surface area contributed by atoms with Crippen LogP contribution in [-0.4, -0.2) is 30.0 Å². The highest BCUT2D eigenvalue weighted by atomic mass is 35.5. The fourth-order valence-electron chi connectivity index (χ4n) is 1.67. The normalized spacial score (nSPS) is 11.4. The fraction of sp³-hybridized carbons (Fsp3) is 0.308. The summed E-state index contributed by atoms with van der Waals surface area (Å²) in [7, 11) is 1.28. The molecule has 0 bridgehead atoms. The minimum atomic E-state index is -0.762. The molecule has 120 valence electrons. The first-order valence-electron chi connectivity index (χ1n) is 6.16. The number of nitrogens with zero attached hydrogens (tertiary/aromatic N) is 1. The second-order valence-corrected chi connectivity index (χ2v) is 5.50. The summed E-state index contributed by atoms with van der Waals surface area (Å²) >= 11 is 1.19. The van der Waals surface area contributed by atoms with Crippen LogP contribution in [0.25, 0.3) is 0 Å². The number of furan rings is 1. The molecule has 0 radical (unpaired) electrons. The number of thiazole rings is 1. The van der Waals surface area contributed by atoms with E-state index in [1.54, 1.807) is 19.1 Å². The van der Waals surface area contributed by atoms with E-state index >= 15 is 0 Å². The number of aryl methyl sites for hydroxylation is 1. The lowest BCUT2D eigenvalue weighted by Crippen LogP contribution is -2.37. The Kier molecular flexibility index (Phi) is 6.54. The van der Waals surface area contributed by atoms with Crippen LogP contribution in [0.4, 0.5) is 5.13 Å². The van der Waals surface area contributed by atoms with E-state index in [1.807, 2.05) is 0 Å². The SMILES string of the molecule is COC(=O)c1nc(NC(=O)C(N)Cc2ccco2)sc1C.Cl. The number of halogens is 1. The van der Waals surface area contributed by atoms with Crippen molar-refractivity contribution < 1.29 is 18.7 Å². The zero-order valence-corrected chi connectivity index (χ0v) is 13.6. The minimum absolute atomic E-state index is 0. The van der Waals surface area contributed by atoms with Gasteiger partial charge in [0.1, 0.15) is 5.76 Å². The number of carbonyl (C=O) groups excluding carboxylic acids is 2. The Hall–Kier alpha value is -1.90. The van der Waals surface area contributed by atoms with Crippen LogP contribution < -0.4 is 11.1 Å². The Morgan fingerprint density at radius 3 is 2.86 bits per heavy atom. The molecule has 1 unspecified atom stereocenters. The zero-order valence-electron chi connectivity index (χ0n) is 12.0. The molecule has 3 N–H and O–H groups in total. The molecule has 0 aliphatic carbocycles. The van der Waals surface area contributed by atoms with Gasteiger partial charge in [-0.2, -0.15) is 0 Å². The van der Waals surface area contributed by atoms with Crippen LogP contribution >= 0.6 is 23.7 Å². The molecular formula is C13H16ClN3O4S. The molecule has 22 heavy (non-hydrogen) atoms. The molecule has 0 aliphatic heterocycles. The topological polar surface area (TPSA) is 107 Å². The van der Waals surface area contributed by atoms with Crippen molar-refractivity contribution in [2.45, 2.75) is 19.4 Å². The van der Waals surface area contributed by atoms with Crippen LogP contribution in [-0.2, 0) is 16.0 Å². The second kappa shape index (κ2) is 7.92. The zero-order chi connectivity index (χ0) is 15.4. The summed E-state index contributed by atoms with van der Waals surface area (Å²) in [5.41, 5.74) is 5.99. The second-order valence-electron chi connectivity index (χ2n) is 4.29. The number of ether oxygens (including phenoxy) is 1. The number of hydrogen-bond donors (Lipinski definition) is 2. The van der Waals surface area contributed by atoms with Gasteiger partial charge in [-0.05, 0) is 19.1 Å². The van der Waals surface area contributed by atoms with Gasteiger partial charge in [-0.1, -0.05) is 0 Å². The quantitative estimate of drug-likeness (QED) is 0.799. The highest BCUT2D eigenvalue weighted by Gasteiger charge is 2.20. The summed E-state index contributed by atoms with van der Waals surface area (Å²) in [5, 5.41) is 2.90. The highest BCUT2D eigenvalue weighted by Crippen LogP contribution is 2.22. The fourth-order valence-corrected chi connectivity index (χ4v) is 2.48. The van der Waals surface area contributed by atoms with Crippen molar-refractivity contribution >= 4 is 40.8 Å². The summed E-state index contributed by atoms with van der Waals surface area (Å²) in [4.78, 5) is 28.1. The van der Waals surface area contributed by atoms with Crippen LogP contribution in [0, 0.1) is 6.92 Å². The molecule has 9 heteroatoms. The van der Waals surface area contributed by atoms with Gasteiger partial charge in [-0.3, -0.25) is 4.79 Å². The molecule has 0 aromatic carbocycles. The summed E-state index contributed by atoms with van der Waals surface area (Å²) in [5.74, 6) is -0.302. The largest absolute Gasteiger partial charge is 0.469 e. The lowest BCUT2D eigenvalue weighted by Gasteiger charge is -2.08. The third-order valence-electron chi connectivity index (χ3n) is 2.74. The molecular weight excluding hydrogens is 330 g/mol. The van der Waals surface area contributed by atoms with Crippen LogP contribution in [0.1, 0.15) is 21.1 Å². The molecule has 7 nitrogen and oxygen atoms in total. The van der Waals surface area contributed by atoms with E-state index < -0.39 is 17.9 Å². The number of rotatable bonds is 5. The van der Waals surface area contributed by atoms with Gasteiger partial charge in [-0.15, -0.1) is 23.7 Å². The Morgan fingerprint density at radius 1 is 1.55 bits per heavy atom.